The number of thiocarbonyl (C=S) groups is 2. The summed E-state index contributed by atoms with van der Waals surface area (Å²) in [5.74, 6) is 0. The largest absolute Gasteiger partial charge is 0.0935 e. The summed E-state index contributed by atoms with van der Waals surface area (Å²) in [5.41, 5.74) is 0. The molecule has 12 heavy (non-hydrogen) atoms. The van der Waals surface area contributed by atoms with Crippen LogP contribution in [0.4, 0.5) is 0 Å². The third-order valence-corrected chi connectivity index (χ3v) is 2.29. The molecule has 0 fully saturated rings. The second-order valence-corrected chi connectivity index (χ2v) is 3.59. The molecule has 0 aliphatic carbocycles. The Labute approximate surface area is 86.7 Å². The molecule has 0 N–H and O–H groups in total. The average Bonchev–Trinajstić information content (AvgIpc) is 2.10. The predicted molar refractivity (Wildman–Crippen MR) is 63.2 cm³/mol. The zero-order valence-electron chi connectivity index (χ0n) is 7.55. The molecule has 0 atom stereocenters. The summed E-state index contributed by atoms with van der Waals surface area (Å²) in [6, 6.07) is 0. The normalized spacial score (nSPS) is 9.67. The van der Waals surface area contributed by atoms with Gasteiger partial charge in [-0.25, -0.2) is 0 Å². The summed E-state index contributed by atoms with van der Waals surface area (Å²) in [4.78, 5) is 0. The Morgan fingerprint density at radius 3 is 2.08 bits per heavy atom. The van der Waals surface area contributed by atoms with Crippen LogP contribution in [0.1, 0.15) is 51.4 Å². The molecular weight excluding hydrogens is 184 g/mol. The van der Waals surface area contributed by atoms with E-state index in [1.165, 1.54) is 38.5 Å². The summed E-state index contributed by atoms with van der Waals surface area (Å²) >= 11 is 9.36. The maximum atomic E-state index is 4.74. The van der Waals surface area contributed by atoms with Crippen molar-refractivity contribution in [1.82, 2.24) is 0 Å². The van der Waals surface area contributed by atoms with Gasteiger partial charge in [-0.2, -0.15) is 0 Å². The van der Waals surface area contributed by atoms with Gasteiger partial charge in [0.2, 0.25) is 0 Å². The number of unbranched alkanes of at least 4 members (excludes halogenated alkanes) is 7. The lowest BCUT2D eigenvalue weighted by Crippen LogP contribution is -1.81. The van der Waals surface area contributed by atoms with E-state index in [0.717, 1.165) is 12.8 Å². The summed E-state index contributed by atoms with van der Waals surface area (Å²) in [5, 5.41) is 4.58. The SMILES string of the molecule is S=[C]CCCCCCCCC=S. The maximum absolute atomic E-state index is 4.74. The molecule has 0 saturated heterocycles. The van der Waals surface area contributed by atoms with Crippen molar-refractivity contribution >= 4 is 35.2 Å². The minimum atomic E-state index is 0.981. The molecule has 0 aliphatic heterocycles. The summed E-state index contributed by atoms with van der Waals surface area (Å²) in [6.07, 6.45) is 9.89. The van der Waals surface area contributed by atoms with Crippen molar-refractivity contribution < 1.29 is 0 Å². The van der Waals surface area contributed by atoms with Gasteiger partial charge in [0.05, 0.1) is 0 Å². The van der Waals surface area contributed by atoms with Gasteiger partial charge in [-0.1, -0.05) is 50.1 Å². The lowest BCUT2D eigenvalue weighted by atomic mass is 10.1. The van der Waals surface area contributed by atoms with E-state index in [9.17, 15) is 0 Å². The molecule has 0 nitrogen and oxygen atoms in total. The molecule has 0 aromatic heterocycles. The molecular formula is C10H17S2. The highest BCUT2D eigenvalue weighted by Crippen LogP contribution is 2.07. The first-order chi connectivity index (χ1) is 5.91. The van der Waals surface area contributed by atoms with Crippen LogP contribution in [0.5, 0.6) is 0 Å². The van der Waals surface area contributed by atoms with Crippen LogP contribution in [0.3, 0.4) is 0 Å². The smallest absolute Gasteiger partial charge is 0.0291 e. The van der Waals surface area contributed by atoms with Crippen LogP contribution in [0.2, 0.25) is 0 Å². The van der Waals surface area contributed by atoms with Gasteiger partial charge in [-0.3, -0.25) is 0 Å². The Balaban J connectivity index is 2.81. The predicted octanol–water partition coefficient (Wildman–Crippen LogP) is 3.98. The third kappa shape index (κ3) is 10.2. The second-order valence-electron chi connectivity index (χ2n) is 2.97. The first-order valence-corrected chi connectivity index (χ1v) is 5.58. The Morgan fingerprint density at radius 2 is 1.50 bits per heavy atom. The maximum Gasteiger partial charge on any atom is 0.0291 e. The molecule has 0 aromatic carbocycles. The van der Waals surface area contributed by atoms with Gasteiger partial charge < -0.3 is 0 Å². The zero-order chi connectivity index (χ0) is 9.07. The van der Waals surface area contributed by atoms with E-state index in [1.54, 1.807) is 0 Å². The van der Waals surface area contributed by atoms with E-state index >= 15 is 0 Å². The Morgan fingerprint density at radius 1 is 0.917 bits per heavy atom. The van der Waals surface area contributed by atoms with E-state index in [0.29, 0.717) is 0 Å². The van der Waals surface area contributed by atoms with Crippen molar-refractivity contribution in [1.29, 1.82) is 0 Å². The molecule has 69 valence electrons. The minimum absolute atomic E-state index is 0.981. The van der Waals surface area contributed by atoms with Crippen molar-refractivity contribution in [3.05, 3.63) is 0 Å². The van der Waals surface area contributed by atoms with Crippen molar-refractivity contribution in [2.24, 2.45) is 0 Å². The van der Waals surface area contributed by atoms with Gasteiger partial charge in [-0.05, 0) is 31.1 Å². The standard InChI is InChI=1S/C10H17S2/c11-9-7-5-3-1-2-4-6-8-10-12/h9H,1-8H2. The molecule has 0 saturated carbocycles. The molecule has 0 bridgehead atoms. The Kier molecular flexibility index (Phi) is 11.3. The summed E-state index contributed by atoms with van der Waals surface area (Å²) in [6.45, 7) is 0. The molecule has 0 amide bonds. The number of hydrogen-bond acceptors (Lipinski definition) is 2. The van der Waals surface area contributed by atoms with Crippen molar-refractivity contribution in [3.63, 3.8) is 0 Å². The summed E-state index contributed by atoms with van der Waals surface area (Å²) in [7, 11) is 0. The van der Waals surface area contributed by atoms with Crippen LogP contribution in [0, 0.1) is 0 Å². The number of rotatable bonds is 9. The van der Waals surface area contributed by atoms with Gasteiger partial charge >= 0.3 is 0 Å². The lowest BCUT2D eigenvalue weighted by molar-refractivity contribution is 0.610. The highest BCUT2D eigenvalue weighted by molar-refractivity contribution is 7.79. The Bertz CT molecular complexity index is 96.4. The molecule has 0 spiro atoms. The fourth-order valence-electron chi connectivity index (χ4n) is 1.13. The molecule has 0 heterocycles. The molecule has 1 radical (unpaired) electrons. The monoisotopic (exact) mass is 201 g/mol. The van der Waals surface area contributed by atoms with Crippen LogP contribution < -0.4 is 0 Å². The molecule has 0 unspecified atom stereocenters. The van der Waals surface area contributed by atoms with Crippen LogP contribution >= 0.6 is 24.4 Å². The van der Waals surface area contributed by atoms with E-state index < -0.39 is 0 Å². The number of hydrogen-bond donors (Lipinski definition) is 0. The van der Waals surface area contributed by atoms with E-state index in [1.807, 2.05) is 5.37 Å². The topological polar surface area (TPSA) is 0 Å². The van der Waals surface area contributed by atoms with Crippen LogP contribution in [-0.4, -0.2) is 10.7 Å². The van der Waals surface area contributed by atoms with E-state index in [4.69, 9.17) is 12.2 Å². The molecule has 0 aliphatic rings. The second kappa shape index (κ2) is 11.2. The van der Waals surface area contributed by atoms with Crippen molar-refractivity contribution in [2.45, 2.75) is 51.4 Å². The van der Waals surface area contributed by atoms with Crippen molar-refractivity contribution in [3.8, 4) is 0 Å². The molecule has 0 rings (SSSR count). The van der Waals surface area contributed by atoms with Gasteiger partial charge in [0, 0.05) is 5.37 Å². The fraction of sp³-hybridized carbons (Fsp3) is 0.800. The van der Waals surface area contributed by atoms with Crippen molar-refractivity contribution in [2.75, 3.05) is 0 Å². The van der Waals surface area contributed by atoms with E-state index in [2.05, 4.69) is 17.6 Å². The highest BCUT2D eigenvalue weighted by Gasteiger charge is 1.89. The van der Waals surface area contributed by atoms with Crippen LogP contribution in [0.15, 0.2) is 0 Å². The van der Waals surface area contributed by atoms with Crippen LogP contribution in [0.25, 0.3) is 0 Å². The lowest BCUT2D eigenvalue weighted by Gasteiger charge is -1.97. The fourth-order valence-corrected chi connectivity index (χ4v) is 1.44. The quantitative estimate of drug-likeness (QED) is 0.409. The van der Waals surface area contributed by atoms with Gasteiger partial charge in [0.25, 0.3) is 0 Å². The van der Waals surface area contributed by atoms with Crippen LogP contribution in [-0.2, 0) is 0 Å². The highest BCUT2D eigenvalue weighted by atomic mass is 32.1. The van der Waals surface area contributed by atoms with E-state index in [-0.39, 0.29) is 0 Å². The first kappa shape index (κ1) is 12.2. The third-order valence-electron chi connectivity index (χ3n) is 1.85. The first-order valence-electron chi connectivity index (χ1n) is 4.70. The minimum Gasteiger partial charge on any atom is -0.0935 e. The van der Waals surface area contributed by atoms with Gasteiger partial charge in [0.15, 0.2) is 0 Å². The van der Waals surface area contributed by atoms with Gasteiger partial charge in [0.1, 0.15) is 0 Å². The van der Waals surface area contributed by atoms with Gasteiger partial charge in [-0.15, -0.1) is 0 Å². The average molecular weight is 201 g/mol. The molecule has 2 heteroatoms. The Hall–Kier alpha value is 0.180. The molecule has 0 aromatic rings. The zero-order valence-corrected chi connectivity index (χ0v) is 9.18. The summed E-state index contributed by atoms with van der Waals surface area (Å²) < 4.78 is 0.